The number of nitrogens with one attached hydrogen (secondary N) is 1. The topological polar surface area (TPSA) is 34.2 Å². The van der Waals surface area contributed by atoms with Gasteiger partial charge in [-0.1, -0.05) is 6.07 Å². The minimum atomic E-state index is 0.623. The van der Waals surface area contributed by atoms with Crippen LogP contribution in [0.1, 0.15) is 16.1 Å². The molecule has 2 heterocycles. The van der Waals surface area contributed by atoms with Crippen molar-refractivity contribution in [2.45, 2.75) is 20.1 Å². The Balaban J connectivity index is 2.10. The van der Waals surface area contributed by atoms with Crippen molar-refractivity contribution < 1.29 is 4.74 Å². The van der Waals surface area contributed by atoms with Crippen LogP contribution in [0.25, 0.3) is 0 Å². The largest absolute Gasteiger partial charge is 0.488 e. The third-order valence-electron chi connectivity index (χ3n) is 2.40. The third kappa shape index (κ3) is 3.28. The molecule has 0 radical (unpaired) electrons. The molecule has 4 heteroatoms. The van der Waals surface area contributed by atoms with Crippen molar-refractivity contribution in [3.63, 3.8) is 0 Å². The summed E-state index contributed by atoms with van der Waals surface area (Å²) in [7, 11) is 1.92. The molecule has 0 aliphatic carbocycles. The van der Waals surface area contributed by atoms with Crippen molar-refractivity contribution >= 4 is 11.3 Å². The van der Waals surface area contributed by atoms with Gasteiger partial charge in [0.2, 0.25) is 0 Å². The molecule has 0 fully saturated rings. The second kappa shape index (κ2) is 5.80. The number of aryl methyl sites for hydroxylation is 1. The van der Waals surface area contributed by atoms with E-state index in [1.807, 2.05) is 32.3 Å². The van der Waals surface area contributed by atoms with Gasteiger partial charge in [0.05, 0.1) is 0 Å². The van der Waals surface area contributed by atoms with Gasteiger partial charge in [0, 0.05) is 34.9 Å². The normalized spacial score (nSPS) is 10.5. The van der Waals surface area contributed by atoms with Gasteiger partial charge in [-0.25, -0.2) is 0 Å². The number of rotatable bonds is 5. The van der Waals surface area contributed by atoms with Gasteiger partial charge in [0.1, 0.15) is 12.4 Å². The molecule has 0 atom stereocenters. The van der Waals surface area contributed by atoms with Crippen LogP contribution in [0.5, 0.6) is 5.75 Å². The van der Waals surface area contributed by atoms with E-state index >= 15 is 0 Å². The van der Waals surface area contributed by atoms with E-state index < -0.39 is 0 Å². The van der Waals surface area contributed by atoms with Crippen molar-refractivity contribution in [1.82, 2.24) is 10.3 Å². The van der Waals surface area contributed by atoms with Gasteiger partial charge in [-0.15, -0.1) is 11.3 Å². The molecule has 1 N–H and O–H groups in total. The SMILES string of the molecule is CNCc1cnc(C)cc1OCc1cccs1. The van der Waals surface area contributed by atoms with Crippen molar-refractivity contribution in [2.75, 3.05) is 7.05 Å². The monoisotopic (exact) mass is 248 g/mol. The average molecular weight is 248 g/mol. The molecule has 0 amide bonds. The first-order valence-electron chi connectivity index (χ1n) is 5.55. The molecule has 0 unspecified atom stereocenters. The number of hydrogen-bond acceptors (Lipinski definition) is 4. The maximum Gasteiger partial charge on any atom is 0.127 e. The standard InChI is InChI=1S/C13H16N2OS/c1-10-6-13(11(7-14-2)8-15-10)16-9-12-4-3-5-17-12/h3-6,8,14H,7,9H2,1-2H3. The zero-order valence-corrected chi connectivity index (χ0v) is 10.9. The van der Waals surface area contributed by atoms with Gasteiger partial charge >= 0.3 is 0 Å². The van der Waals surface area contributed by atoms with E-state index in [0.717, 1.165) is 23.6 Å². The minimum Gasteiger partial charge on any atom is -0.488 e. The van der Waals surface area contributed by atoms with E-state index in [1.165, 1.54) is 4.88 Å². The minimum absolute atomic E-state index is 0.623. The molecule has 0 bridgehead atoms. The molecule has 2 aromatic rings. The second-order valence-corrected chi connectivity index (χ2v) is 4.86. The van der Waals surface area contributed by atoms with Gasteiger partial charge in [-0.3, -0.25) is 4.98 Å². The lowest BCUT2D eigenvalue weighted by atomic mass is 10.2. The van der Waals surface area contributed by atoms with Crippen molar-refractivity contribution in [1.29, 1.82) is 0 Å². The molecule has 0 saturated heterocycles. The first kappa shape index (κ1) is 12.1. The quantitative estimate of drug-likeness (QED) is 0.883. The summed E-state index contributed by atoms with van der Waals surface area (Å²) in [5.74, 6) is 0.917. The lowest BCUT2D eigenvalue weighted by Gasteiger charge is -2.11. The van der Waals surface area contributed by atoms with Gasteiger partial charge in [-0.2, -0.15) is 0 Å². The van der Waals surface area contributed by atoms with Crippen molar-refractivity contribution in [2.24, 2.45) is 0 Å². The highest BCUT2D eigenvalue weighted by Gasteiger charge is 2.05. The first-order valence-corrected chi connectivity index (χ1v) is 6.43. The lowest BCUT2D eigenvalue weighted by Crippen LogP contribution is -2.08. The average Bonchev–Trinajstić information content (AvgIpc) is 2.82. The number of thiophene rings is 1. The predicted octanol–water partition coefficient (Wildman–Crippen LogP) is 2.75. The summed E-state index contributed by atoms with van der Waals surface area (Å²) in [6.45, 7) is 3.37. The summed E-state index contributed by atoms with van der Waals surface area (Å²) in [6.07, 6.45) is 1.87. The van der Waals surface area contributed by atoms with Crippen LogP contribution < -0.4 is 10.1 Å². The Morgan fingerprint density at radius 1 is 1.47 bits per heavy atom. The van der Waals surface area contributed by atoms with E-state index in [9.17, 15) is 0 Å². The van der Waals surface area contributed by atoms with Crippen LogP contribution in [0.2, 0.25) is 0 Å². The smallest absolute Gasteiger partial charge is 0.127 e. The van der Waals surface area contributed by atoms with Crippen LogP contribution in [0, 0.1) is 6.92 Å². The summed E-state index contributed by atoms with van der Waals surface area (Å²) >= 11 is 1.71. The summed E-state index contributed by atoms with van der Waals surface area (Å²) < 4.78 is 5.85. The molecule has 0 spiro atoms. The molecular weight excluding hydrogens is 232 g/mol. The highest BCUT2D eigenvalue weighted by molar-refractivity contribution is 7.09. The molecule has 0 aliphatic rings. The third-order valence-corrected chi connectivity index (χ3v) is 3.25. The molecule has 0 aliphatic heterocycles. The Hall–Kier alpha value is -1.39. The van der Waals surface area contributed by atoms with Crippen LogP contribution >= 0.6 is 11.3 Å². The summed E-state index contributed by atoms with van der Waals surface area (Å²) in [6, 6.07) is 6.10. The predicted molar refractivity (Wildman–Crippen MR) is 70.4 cm³/mol. The number of nitrogens with zero attached hydrogens (tertiary/aromatic N) is 1. The Morgan fingerprint density at radius 2 is 2.35 bits per heavy atom. The fourth-order valence-corrected chi connectivity index (χ4v) is 2.18. The molecule has 90 valence electrons. The second-order valence-electron chi connectivity index (χ2n) is 3.83. The fraction of sp³-hybridized carbons (Fsp3) is 0.308. The number of pyridine rings is 1. The van der Waals surface area contributed by atoms with E-state index in [4.69, 9.17) is 4.74 Å². The number of ether oxygens (including phenoxy) is 1. The van der Waals surface area contributed by atoms with E-state index in [0.29, 0.717) is 6.61 Å². The molecule has 2 aromatic heterocycles. The maximum atomic E-state index is 5.85. The van der Waals surface area contributed by atoms with Gasteiger partial charge in [-0.05, 0) is 25.4 Å². The van der Waals surface area contributed by atoms with E-state index in [1.54, 1.807) is 11.3 Å². The zero-order valence-electron chi connectivity index (χ0n) is 10.1. The van der Waals surface area contributed by atoms with Crippen LogP contribution in [-0.4, -0.2) is 12.0 Å². The molecular formula is C13H16N2OS. The van der Waals surface area contributed by atoms with Crippen molar-refractivity contribution in [3.8, 4) is 5.75 Å². The Kier molecular flexibility index (Phi) is 4.12. The van der Waals surface area contributed by atoms with E-state index in [2.05, 4.69) is 21.7 Å². The molecule has 0 aromatic carbocycles. The molecule has 17 heavy (non-hydrogen) atoms. The molecule has 3 nitrogen and oxygen atoms in total. The van der Waals surface area contributed by atoms with Crippen LogP contribution in [0.15, 0.2) is 29.8 Å². The first-order chi connectivity index (χ1) is 8.29. The zero-order chi connectivity index (χ0) is 12.1. The Morgan fingerprint density at radius 3 is 3.06 bits per heavy atom. The van der Waals surface area contributed by atoms with Crippen LogP contribution in [0.3, 0.4) is 0 Å². The van der Waals surface area contributed by atoms with Gasteiger partial charge < -0.3 is 10.1 Å². The van der Waals surface area contributed by atoms with E-state index in [-0.39, 0.29) is 0 Å². The van der Waals surface area contributed by atoms with Crippen molar-refractivity contribution in [3.05, 3.63) is 45.9 Å². The summed E-state index contributed by atoms with van der Waals surface area (Å²) in [5, 5.41) is 5.18. The van der Waals surface area contributed by atoms with Gasteiger partial charge in [0.25, 0.3) is 0 Å². The molecule has 2 rings (SSSR count). The fourth-order valence-electron chi connectivity index (χ4n) is 1.56. The highest BCUT2D eigenvalue weighted by atomic mass is 32.1. The summed E-state index contributed by atoms with van der Waals surface area (Å²) in [4.78, 5) is 5.52. The van der Waals surface area contributed by atoms with Gasteiger partial charge in [0.15, 0.2) is 0 Å². The Bertz CT molecular complexity index is 468. The van der Waals surface area contributed by atoms with Crippen LogP contribution in [0.4, 0.5) is 0 Å². The maximum absolute atomic E-state index is 5.85. The Labute approximate surface area is 105 Å². The lowest BCUT2D eigenvalue weighted by molar-refractivity contribution is 0.305. The summed E-state index contributed by atoms with van der Waals surface area (Å²) in [5.41, 5.74) is 2.07. The number of hydrogen-bond donors (Lipinski definition) is 1. The number of aromatic nitrogens is 1. The molecule has 0 saturated carbocycles. The highest BCUT2D eigenvalue weighted by Crippen LogP contribution is 2.21. The van der Waals surface area contributed by atoms with Crippen LogP contribution in [-0.2, 0) is 13.2 Å².